The summed E-state index contributed by atoms with van der Waals surface area (Å²) in [5.74, 6) is 0.710. The maximum absolute atomic E-state index is 6.18. The number of rotatable bonds is 4. The Morgan fingerprint density at radius 3 is 2.84 bits per heavy atom. The van der Waals surface area contributed by atoms with E-state index >= 15 is 0 Å². The van der Waals surface area contributed by atoms with Crippen LogP contribution in [0.3, 0.4) is 0 Å². The molecule has 2 nitrogen and oxygen atoms in total. The molecule has 1 N–H and O–H groups in total. The van der Waals surface area contributed by atoms with Gasteiger partial charge in [-0.3, -0.25) is 0 Å². The second kappa shape index (κ2) is 5.82. The van der Waals surface area contributed by atoms with Crippen molar-refractivity contribution in [2.24, 2.45) is 0 Å². The van der Waals surface area contributed by atoms with Crippen LogP contribution in [0.1, 0.15) is 42.9 Å². The summed E-state index contributed by atoms with van der Waals surface area (Å²) in [4.78, 5) is 0. The SMILES string of the molecule is ClCC1(NCC2OCCc3ccccc32)CCCC1. The van der Waals surface area contributed by atoms with Gasteiger partial charge in [0.25, 0.3) is 0 Å². The normalized spacial score (nSPS) is 25.2. The molecule has 1 aliphatic carbocycles. The zero-order chi connectivity index (χ0) is 13.1. The highest BCUT2D eigenvalue weighted by molar-refractivity contribution is 6.18. The number of fused-ring (bicyclic) bond motifs is 1. The van der Waals surface area contributed by atoms with Crippen molar-refractivity contribution < 1.29 is 4.74 Å². The summed E-state index contributed by atoms with van der Waals surface area (Å²) in [7, 11) is 0. The summed E-state index contributed by atoms with van der Waals surface area (Å²) >= 11 is 6.18. The smallest absolute Gasteiger partial charge is 0.0952 e. The van der Waals surface area contributed by atoms with Crippen molar-refractivity contribution in [2.45, 2.75) is 43.7 Å². The van der Waals surface area contributed by atoms with Gasteiger partial charge in [-0.05, 0) is 30.4 Å². The molecule has 1 unspecified atom stereocenters. The number of benzene rings is 1. The molecule has 104 valence electrons. The summed E-state index contributed by atoms with van der Waals surface area (Å²) in [6.45, 7) is 1.71. The lowest BCUT2D eigenvalue weighted by molar-refractivity contribution is 0.0374. The van der Waals surface area contributed by atoms with Gasteiger partial charge in [0.15, 0.2) is 0 Å². The molecule has 0 amide bonds. The van der Waals surface area contributed by atoms with Gasteiger partial charge in [-0.15, -0.1) is 11.6 Å². The first-order chi connectivity index (χ1) is 9.33. The second-order valence-corrected chi connectivity index (χ2v) is 6.08. The highest BCUT2D eigenvalue weighted by Crippen LogP contribution is 2.32. The fraction of sp³-hybridized carbons (Fsp3) is 0.625. The van der Waals surface area contributed by atoms with Crippen molar-refractivity contribution >= 4 is 11.6 Å². The number of nitrogens with one attached hydrogen (secondary N) is 1. The van der Waals surface area contributed by atoms with Crippen LogP contribution in [0.4, 0.5) is 0 Å². The molecule has 2 aliphatic rings. The Morgan fingerprint density at radius 1 is 1.26 bits per heavy atom. The minimum atomic E-state index is 0.150. The molecular weight excluding hydrogens is 258 g/mol. The Labute approximate surface area is 120 Å². The zero-order valence-corrected chi connectivity index (χ0v) is 12.1. The largest absolute Gasteiger partial charge is 0.372 e. The monoisotopic (exact) mass is 279 g/mol. The first-order valence-electron chi connectivity index (χ1n) is 7.33. The second-order valence-electron chi connectivity index (χ2n) is 5.81. The van der Waals surface area contributed by atoms with Crippen LogP contribution in [0.5, 0.6) is 0 Å². The summed E-state index contributed by atoms with van der Waals surface area (Å²) < 4.78 is 5.95. The van der Waals surface area contributed by atoms with Crippen LogP contribution in [-0.2, 0) is 11.2 Å². The molecule has 1 saturated carbocycles. The van der Waals surface area contributed by atoms with Crippen molar-refractivity contribution in [1.29, 1.82) is 0 Å². The van der Waals surface area contributed by atoms with E-state index in [9.17, 15) is 0 Å². The lowest BCUT2D eigenvalue weighted by atomic mass is 9.95. The standard InChI is InChI=1S/C16H22ClNO/c17-12-16(8-3-4-9-16)18-11-15-14-6-2-1-5-13(14)7-10-19-15/h1-2,5-6,15,18H,3-4,7-12H2. The van der Waals surface area contributed by atoms with Gasteiger partial charge in [0.2, 0.25) is 0 Å². The number of alkyl halides is 1. The Bertz CT molecular complexity index is 429. The van der Waals surface area contributed by atoms with Gasteiger partial charge in [-0.2, -0.15) is 0 Å². The average Bonchev–Trinajstić information content (AvgIpc) is 2.94. The Morgan fingerprint density at radius 2 is 2.05 bits per heavy atom. The van der Waals surface area contributed by atoms with Gasteiger partial charge < -0.3 is 10.1 Å². The van der Waals surface area contributed by atoms with Crippen molar-refractivity contribution in [1.82, 2.24) is 5.32 Å². The quantitative estimate of drug-likeness (QED) is 0.853. The molecule has 3 heteroatoms. The Hall–Kier alpha value is -0.570. The van der Waals surface area contributed by atoms with E-state index in [0.29, 0.717) is 5.88 Å². The predicted octanol–water partition coefficient (Wildman–Crippen LogP) is 3.44. The molecule has 1 aliphatic heterocycles. The maximum atomic E-state index is 6.18. The topological polar surface area (TPSA) is 21.3 Å². The van der Waals surface area contributed by atoms with E-state index in [1.807, 2.05) is 0 Å². The highest BCUT2D eigenvalue weighted by atomic mass is 35.5. The highest BCUT2D eigenvalue weighted by Gasteiger charge is 2.33. The lowest BCUT2D eigenvalue weighted by Crippen LogP contribution is -2.47. The van der Waals surface area contributed by atoms with Crippen LogP contribution in [-0.4, -0.2) is 24.6 Å². The molecule has 1 aromatic rings. The van der Waals surface area contributed by atoms with E-state index in [4.69, 9.17) is 16.3 Å². The van der Waals surface area contributed by atoms with Gasteiger partial charge >= 0.3 is 0 Å². The van der Waals surface area contributed by atoms with Crippen LogP contribution in [0.2, 0.25) is 0 Å². The van der Waals surface area contributed by atoms with Crippen molar-refractivity contribution in [2.75, 3.05) is 19.0 Å². The van der Waals surface area contributed by atoms with E-state index in [-0.39, 0.29) is 11.6 Å². The molecule has 1 atom stereocenters. The number of hydrogen-bond donors (Lipinski definition) is 1. The Kier molecular flexibility index (Phi) is 4.11. The zero-order valence-electron chi connectivity index (χ0n) is 11.3. The van der Waals surface area contributed by atoms with E-state index in [1.54, 1.807) is 0 Å². The van der Waals surface area contributed by atoms with Crippen molar-refractivity contribution in [3.05, 3.63) is 35.4 Å². The molecule has 1 fully saturated rings. The average molecular weight is 280 g/mol. The molecule has 0 saturated heterocycles. The molecule has 0 aromatic heterocycles. The summed E-state index contributed by atoms with van der Waals surface area (Å²) in [5.41, 5.74) is 2.94. The van der Waals surface area contributed by atoms with Crippen LogP contribution in [0.25, 0.3) is 0 Å². The van der Waals surface area contributed by atoms with Crippen LogP contribution < -0.4 is 5.32 Å². The summed E-state index contributed by atoms with van der Waals surface area (Å²) in [5, 5.41) is 3.70. The maximum Gasteiger partial charge on any atom is 0.0952 e. The third kappa shape index (κ3) is 2.81. The van der Waals surface area contributed by atoms with Gasteiger partial charge in [-0.25, -0.2) is 0 Å². The van der Waals surface area contributed by atoms with Crippen LogP contribution >= 0.6 is 11.6 Å². The van der Waals surface area contributed by atoms with Crippen molar-refractivity contribution in [3.63, 3.8) is 0 Å². The van der Waals surface area contributed by atoms with Gasteiger partial charge in [-0.1, -0.05) is 37.1 Å². The molecule has 1 heterocycles. The molecule has 0 radical (unpaired) electrons. The fourth-order valence-electron chi connectivity index (χ4n) is 3.36. The number of halogens is 1. The number of ether oxygens (including phenoxy) is 1. The molecule has 19 heavy (non-hydrogen) atoms. The molecule has 1 aromatic carbocycles. The Balaban J connectivity index is 1.68. The lowest BCUT2D eigenvalue weighted by Gasteiger charge is -2.33. The summed E-state index contributed by atoms with van der Waals surface area (Å²) in [6, 6.07) is 8.64. The van der Waals surface area contributed by atoms with E-state index in [2.05, 4.69) is 29.6 Å². The molecule has 0 bridgehead atoms. The first kappa shape index (κ1) is 13.4. The van der Waals surface area contributed by atoms with Gasteiger partial charge in [0, 0.05) is 18.0 Å². The van der Waals surface area contributed by atoms with Gasteiger partial charge in [0.05, 0.1) is 12.7 Å². The molecular formula is C16H22ClNO. The van der Waals surface area contributed by atoms with Crippen molar-refractivity contribution in [3.8, 4) is 0 Å². The van der Waals surface area contributed by atoms with Crippen LogP contribution in [0, 0.1) is 0 Å². The van der Waals surface area contributed by atoms with E-state index in [1.165, 1.54) is 36.8 Å². The minimum absolute atomic E-state index is 0.150. The third-order valence-electron chi connectivity index (χ3n) is 4.57. The number of hydrogen-bond acceptors (Lipinski definition) is 2. The molecule has 0 spiro atoms. The van der Waals surface area contributed by atoms with Gasteiger partial charge in [0.1, 0.15) is 0 Å². The molecule has 3 rings (SSSR count). The first-order valence-corrected chi connectivity index (χ1v) is 7.87. The predicted molar refractivity (Wildman–Crippen MR) is 78.8 cm³/mol. The van der Waals surface area contributed by atoms with E-state index in [0.717, 1.165) is 19.6 Å². The van der Waals surface area contributed by atoms with E-state index < -0.39 is 0 Å². The summed E-state index contributed by atoms with van der Waals surface area (Å²) in [6.07, 6.45) is 6.21. The minimum Gasteiger partial charge on any atom is -0.372 e. The van der Waals surface area contributed by atoms with Crippen LogP contribution in [0.15, 0.2) is 24.3 Å². The third-order valence-corrected chi connectivity index (χ3v) is 5.08. The fourth-order valence-corrected chi connectivity index (χ4v) is 3.73.